The Kier molecular flexibility index (Phi) is 5.59. The zero-order chi connectivity index (χ0) is 24.0. The van der Waals surface area contributed by atoms with Crippen LogP contribution in [0.1, 0.15) is 28.9 Å². The summed E-state index contributed by atoms with van der Waals surface area (Å²) in [6.45, 7) is 2.86. The number of amides is 1. The van der Waals surface area contributed by atoms with Crippen molar-refractivity contribution in [1.29, 1.82) is 0 Å². The van der Waals surface area contributed by atoms with E-state index in [0.29, 0.717) is 40.7 Å². The third kappa shape index (κ3) is 3.83. The molecule has 0 aliphatic carbocycles. The first-order valence-corrected chi connectivity index (χ1v) is 11.0. The van der Waals surface area contributed by atoms with Gasteiger partial charge in [-0.05, 0) is 43.7 Å². The van der Waals surface area contributed by atoms with Crippen molar-refractivity contribution in [3.05, 3.63) is 41.7 Å². The monoisotopic (exact) mass is 475 g/mol. The molecule has 1 amide bonds. The molecule has 0 bridgehead atoms. The molecule has 180 valence electrons. The van der Waals surface area contributed by atoms with Crippen molar-refractivity contribution >= 4 is 11.6 Å². The summed E-state index contributed by atoms with van der Waals surface area (Å²) >= 11 is 0. The number of benzene rings is 1. The van der Waals surface area contributed by atoms with Gasteiger partial charge in [-0.25, -0.2) is 9.50 Å². The predicted octanol–water partition coefficient (Wildman–Crippen LogP) is 3.35. The van der Waals surface area contributed by atoms with Gasteiger partial charge >= 0.3 is 6.18 Å². The van der Waals surface area contributed by atoms with Crippen LogP contribution >= 0.6 is 0 Å². The molecular formula is C23H24F3N5O3. The molecule has 2 fully saturated rings. The van der Waals surface area contributed by atoms with Gasteiger partial charge in [0.2, 0.25) is 0 Å². The van der Waals surface area contributed by atoms with Gasteiger partial charge in [0, 0.05) is 31.2 Å². The summed E-state index contributed by atoms with van der Waals surface area (Å²) in [5.74, 6) is 0.441. The third-order valence-electron chi connectivity index (χ3n) is 6.55. The van der Waals surface area contributed by atoms with Gasteiger partial charge in [-0.15, -0.1) is 0 Å². The van der Waals surface area contributed by atoms with E-state index >= 15 is 0 Å². The van der Waals surface area contributed by atoms with Crippen molar-refractivity contribution in [2.45, 2.75) is 25.1 Å². The zero-order valence-corrected chi connectivity index (χ0v) is 18.8. The topological polar surface area (TPSA) is 72.2 Å². The number of piperazine rings is 1. The first-order chi connectivity index (χ1) is 16.3. The number of carbonyl (C=O) groups is 1. The van der Waals surface area contributed by atoms with Crippen molar-refractivity contribution in [3.63, 3.8) is 0 Å². The molecular weight excluding hydrogens is 451 g/mol. The summed E-state index contributed by atoms with van der Waals surface area (Å²) in [5.41, 5.74) is -0.638. The van der Waals surface area contributed by atoms with E-state index in [0.717, 1.165) is 32.0 Å². The van der Waals surface area contributed by atoms with Crippen molar-refractivity contribution in [2.24, 2.45) is 0 Å². The van der Waals surface area contributed by atoms with E-state index in [1.54, 1.807) is 23.1 Å². The lowest BCUT2D eigenvalue weighted by Crippen LogP contribution is -2.52. The quantitative estimate of drug-likeness (QED) is 0.577. The highest BCUT2D eigenvalue weighted by molar-refractivity contribution is 6.00. The Labute approximate surface area is 193 Å². The van der Waals surface area contributed by atoms with Crippen LogP contribution in [0.5, 0.6) is 11.5 Å². The molecule has 1 atom stereocenters. The number of methoxy groups -OCH3 is 2. The third-order valence-corrected chi connectivity index (χ3v) is 6.55. The number of fused-ring (bicyclic) bond motifs is 2. The van der Waals surface area contributed by atoms with E-state index in [2.05, 4.69) is 15.0 Å². The number of alkyl halides is 3. The van der Waals surface area contributed by atoms with Gasteiger partial charge in [0.1, 0.15) is 5.56 Å². The molecule has 0 saturated carbocycles. The SMILES string of the molecule is COc1ccc(-c2cc(C(F)(F)F)n3ncc(C(=O)N4CCN5CCCC5C4)c3n2)cc1OC. The number of halogens is 3. The molecule has 3 aromatic rings. The number of nitrogens with zero attached hydrogens (tertiary/aromatic N) is 5. The van der Waals surface area contributed by atoms with Gasteiger partial charge in [-0.1, -0.05) is 0 Å². The van der Waals surface area contributed by atoms with Gasteiger partial charge in [-0.3, -0.25) is 9.69 Å². The van der Waals surface area contributed by atoms with Crippen LogP contribution in [0.15, 0.2) is 30.5 Å². The second kappa shape index (κ2) is 8.46. The lowest BCUT2D eigenvalue weighted by atomic mass is 10.1. The van der Waals surface area contributed by atoms with Crippen LogP contribution < -0.4 is 9.47 Å². The summed E-state index contributed by atoms with van der Waals surface area (Å²) in [6, 6.07) is 5.96. The molecule has 0 spiro atoms. The number of carbonyl (C=O) groups excluding carboxylic acids is 1. The highest BCUT2D eigenvalue weighted by atomic mass is 19.4. The highest BCUT2D eigenvalue weighted by Gasteiger charge is 2.37. The molecule has 11 heteroatoms. The van der Waals surface area contributed by atoms with Crippen LogP contribution in [0.2, 0.25) is 0 Å². The van der Waals surface area contributed by atoms with Crippen molar-refractivity contribution in [1.82, 2.24) is 24.4 Å². The van der Waals surface area contributed by atoms with Gasteiger partial charge in [0.05, 0.1) is 26.1 Å². The van der Waals surface area contributed by atoms with Crippen LogP contribution in [0.4, 0.5) is 13.2 Å². The summed E-state index contributed by atoms with van der Waals surface area (Å²) in [4.78, 5) is 21.8. The minimum absolute atomic E-state index is 0.0518. The Hall–Kier alpha value is -3.34. The molecule has 5 rings (SSSR count). The summed E-state index contributed by atoms with van der Waals surface area (Å²) in [6.07, 6.45) is -1.42. The van der Waals surface area contributed by atoms with Crippen molar-refractivity contribution in [3.8, 4) is 22.8 Å². The fourth-order valence-corrected chi connectivity index (χ4v) is 4.81. The van der Waals surface area contributed by atoms with E-state index in [1.807, 2.05) is 0 Å². The lowest BCUT2D eigenvalue weighted by molar-refractivity contribution is -0.142. The van der Waals surface area contributed by atoms with Crippen LogP contribution in [0.25, 0.3) is 16.9 Å². The van der Waals surface area contributed by atoms with Crippen molar-refractivity contribution in [2.75, 3.05) is 40.4 Å². The number of hydrogen-bond acceptors (Lipinski definition) is 6. The number of aromatic nitrogens is 3. The maximum absolute atomic E-state index is 14.0. The van der Waals surface area contributed by atoms with E-state index < -0.39 is 11.9 Å². The first-order valence-electron chi connectivity index (χ1n) is 11.0. The molecule has 8 nitrogen and oxygen atoms in total. The fourth-order valence-electron chi connectivity index (χ4n) is 4.81. The molecule has 34 heavy (non-hydrogen) atoms. The van der Waals surface area contributed by atoms with E-state index in [1.165, 1.54) is 20.4 Å². The largest absolute Gasteiger partial charge is 0.493 e. The summed E-state index contributed by atoms with van der Waals surface area (Å²) < 4.78 is 53.1. The van der Waals surface area contributed by atoms with E-state index in [9.17, 15) is 18.0 Å². The molecule has 2 aliphatic heterocycles. The smallest absolute Gasteiger partial charge is 0.433 e. The molecule has 0 N–H and O–H groups in total. The van der Waals surface area contributed by atoms with Gasteiger partial charge in [0.25, 0.3) is 5.91 Å². The standard InChI is InChI=1S/C23H24F3N5O3/c1-33-18-6-5-14(10-19(18)34-2)17-11-20(23(24,25)26)31-21(28-17)16(12-27-31)22(32)30-9-8-29-7-3-4-15(29)13-30/h5-6,10-12,15H,3-4,7-9,13H2,1-2H3. The lowest BCUT2D eigenvalue weighted by Gasteiger charge is -2.37. The second-order valence-electron chi connectivity index (χ2n) is 8.47. The Morgan fingerprint density at radius 2 is 1.88 bits per heavy atom. The number of hydrogen-bond donors (Lipinski definition) is 0. The maximum Gasteiger partial charge on any atom is 0.433 e. The second-order valence-corrected chi connectivity index (χ2v) is 8.47. The molecule has 0 radical (unpaired) electrons. The molecule has 1 aromatic carbocycles. The minimum Gasteiger partial charge on any atom is -0.493 e. The average molecular weight is 475 g/mol. The molecule has 4 heterocycles. The highest BCUT2D eigenvalue weighted by Crippen LogP contribution is 2.36. The molecule has 2 aliphatic rings. The molecule has 2 saturated heterocycles. The average Bonchev–Trinajstić information content (AvgIpc) is 3.48. The van der Waals surface area contributed by atoms with E-state index in [-0.39, 0.29) is 22.8 Å². The maximum atomic E-state index is 14.0. The molecule has 1 unspecified atom stereocenters. The summed E-state index contributed by atoms with van der Waals surface area (Å²) in [5, 5.41) is 3.89. The van der Waals surface area contributed by atoms with Crippen LogP contribution in [-0.2, 0) is 6.18 Å². The fraction of sp³-hybridized carbons (Fsp3) is 0.435. The minimum atomic E-state index is -4.70. The Bertz CT molecular complexity index is 1240. The van der Waals surface area contributed by atoms with Crippen LogP contribution in [0, 0.1) is 0 Å². The van der Waals surface area contributed by atoms with Crippen LogP contribution in [0.3, 0.4) is 0 Å². The summed E-state index contributed by atoms with van der Waals surface area (Å²) in [7, 11) is 2.91. The van der Waals surface area contributed by atoms with E-state index in [4.69, 9.17) is 9.47 Å². The van der Waals surface area contributed by atoms with Gasteiger partial charge in [0.15, 0.2) is 22.8 Å². The number of rotatable bonds is 4. The van der Waals surface area contributed by atoms with Crippen LogP contribution in [-0.4, -0.2) is 76.7 Å². The Morgan fingerprint density at radius 1 is 1.09 bits per heavy atom. The molecule has 2 aromatic heterocycles. The Morgan fingerprint density at radius 3 is 2.62 bits per heavy atom. The van der Waals surface area contributed by atoms with Gasteiger partial charge in [-0.2, -0.15) is 18.3 Å². The normalized spacial score (nSPS) is 18.9. The number of ether oxygens (including phenoxy) is 2. The Balaban J connectivity index is 1.59. The zero-order valence-electron chi connectivity index (χ0n) is 18.8. The van der Waals surface area contributed by atoms with Gasteiger partial charge < -0.3 is 14.4 Å². The predicted molar refractivity (Wildman–Crippen MR) is 117 cm³/mol. The van der Waals surface area contributed by atoms with Crippen molar-refractivity contribution < 1.29 is 27.4 Å². The first kappa shape index (κ1) is 22.5.